The topological polar surface area (TPSA) is 102 Å². The molecule has 2 bridgehead atoms. The smallest absolute Gasteiger partial charge is 0.341 e. The summed E-state index contributed by atoms with van der Waals surface area (Å²) < 4.78 is 10.7. The zero-order valence-corrected chi connectivity index (χ0v) is 19.9. The van der Waals surface area contributed by atoms with Gasteiger partial charge in [0.1, 0.15) is 16.3 Å². The molecule has 0 spiro atoms. The molecule has 33 heavy (non-hydrogen) atoms. The van der Waals surface area contributed by atoms with Crippen molar-refractivity contribution in [2.45, 2.75) is 39.5 Å². The maximum absolute atomic E-state index is 13.3. The average Bonchev–Trinajstić information content (AvgIpc) is 3.50. The number of hydrogen-bond donors (Lipinski definition) is 2. The summed E-state index contributed by atoms with van der Waals surface area (Å²) in [7, 11) is 1.59. The summed E-state index contributed by atoms with van der Waals surface area (Å²) in [5, 5.41) is 13.1. The van der Waals surface area contributed by atoms with Crippen molar-refractivity contribution < 1.29 is 29.0 Å². The van der Waals surface area contributed by atoms with Gasteiger partial charge in [-0.3, -0.25) is 9.59 Å². The summed E-state index contributed by atoms with van der Waals surface area (Å²) in [4.78, 5) is 39.1. The van der Waals surface area contributed by atoms with E-state index >= 15 is 0 Å². The molecule has 0 radical (unpaired) electrons. The first kappa shape index (κ1) is 23.3. The van der Waals surface area contributed by atoms with Crippen LogP contribution in [0.4, 0.5) is 5.00 Å². The molecule has 2 saturated carbocycles. The van der Waals surface area contributed by atoms with Crippen molar-refractivity contribution in [2.24, 2.45) is 23.7 Å². The second-order valence-electron chi connectivity index (χ2n) is 8.81. The number of esters is 1. The molecule has 176 valence electrons. The van der Waals surface area contributed by atoms with E-state index in [1.807, 2.05) is 38.1 Å². The summed E-state index contributed by atoms with van der Waals surface area (Å²) in [6.45, 7) is 4.09. The molecule has 7 nitrogen and oxygen atoms in total. The SMILES string of the molecule is CCCOC(=O)c1c(NC(=O)[C@@H]2[C@@H]3CC[C@@H](C3)[C@@H]2C(=O)O)sc(C)c1-c1ccc(OC)cc1. The molecule has 4 rings (SSSR count). The molecule has 4 atom stereocenters. The summed E-state index contributed by atoms with van der Waals surface area (Å²) in [5.41, 5.74) is 1.85. The number of anilines is 1. The van der Waals surface area contributed by atoms with Gasteiger partial charge >= 0.3 is 11.9 Å². The fraction of sp³-hybridized carbons (Fsp3) is 0.480. The van der Waals surface area contributed by atoms with Crippen molar-refractivity contribution in [2.75, 3.05) is 19.0 Å². The molecule has 1 aromatic carbocycles. The highest BCUT2D eigenvalue weighted by atomic mass is 32.1. The van der Waals surface area contributed by atoms with Crippen LogP contribution in [0.2, 0.25) is 0 Å². The number of carbonyl (C=O) groups excluding carboxylic acids is 2. The van der Waals surface area contributed by atoms with E-state index in [4.69, 9.17) is 9.47 Å². The Hall–Kier alpha value is -2.87. The number of ether oxygens (including phenoxy) is 2. The Morgan fingerprint density at radius 3 is 2.39 bits per heavy atom. The summed E-state index contributed by atoms with van der Waals surface area (Å²) >= 11 is 1.31. The quantitative estimate of drug-likeness (QED) is 0.526. The number of carboxylic acid groups (broad SMARTS) is 1. The normalized spacial score (nSPS) is 23.4. The number of methoxy groups -OCH3 is 1. The van der Waals surface area contributed by atoms with E-state index in [0.717, 1.165) is 29.7 Å². The lowest BCUT2D eigenvalue weighted by Gasteiger charge is -2.27. The molecule has 8 heteroatoms. The molecular formula is C25H29NO6S. The molecule has 2 aromatic rings. The van der Waals surface area contributed by atoms with E-state index < -0.39 is 23.8 Å². The van der Waals surface area contributed by atoms with Crippen LogP contribution in [-0.4, -0.2) is 36.7 Å². The summed E-state index contributed by atoms with van der Waals surface area (Å²) in [5.74, 6) is -2.14. The van der Waals surface area contributed by atoms with Crippen LogP contribution in [-0.2, 0) is 14.3 Å². The minimum Gasteiger partial charge on any atom is -0.497 e. The lowest BCUT2D eigenvalue weighted by molar-refractivity contribution is -0.148. The van der Waals surface area contributed by atoms with Gasteiger partial charge in [-0.1, -0.05) is 19.1 Å². The van der Waals surface area contributed by atoms with E-state index in [2.05, 4.69) is 5.32 Å². The van der Waals surface area contributed by atoms with E-state index in [1.165, 1.54) is 11.3 Å². The van der Waals surface area contributed by atoms with Crippen molar-refractivity contribution in [1.29, 1.82) is 0 Å². The number of fused-ring (bicyclic) bond motifs is 2. The average molecular weight is 472 g/mol. The number of carbonyl (C=O) groups is 3. The second-order valence-corrected chi connectivity index (χ2v) is 10.0. The number of carboxylic acids is 1. The highest BCUT2D eigenvalue weighted by molar-refractivity contribution is 7.17. The largest absolute Gasteiger partial charge is 0.497 e. The number of nitrogens with one attached hydrogen (secondary N) is 1. The molecule has 2 aliphatic carbocycles. The number of aryl methyl sites for hydroxylation is 1. The molecule has 2 fully saturated rings. The van der Waals surface area contributed by atoms with Crippen molar-refractivity contribution in [1.82, 2.24) is 0 Å². The number of hydrogen-bond acceptors (Lipinski definition) is 6. The second kappa shape index (κ2) is 9.55. The van der Waals surface area contributed by atoms with Gasteiger partial charge in [-0.25, -0.2) is 4.79 Å². The van der Waals surface area contributed by atoms with Crippen LogP contribution < -0.4 is 10.1 Å². The first-order valence-electron chi connectivity index (χ1n) is 11.3. The van der Waals surface area contributed by atoms with Gasteiger partial charge in [-0.05, 0) is 62.1 Å². The van der Waals surface area contributed by atoms with Crippen LogP contribution >= 0.6 is 11.3 Å². The van der Waals surface area contributed by atoms with Gasteiger partial charge in [0.2, 0.25) is 5.91 Å². The third kappa shape index (κ3) is 4.36. The number of aliphatic carboxylic acids is 1. The zero-order valence-electron chi connectivity index (χ0n) is 19.1. The van der Waals surface area contributed by atoms with E-state index in [0.29, 0.717) is 28.3 Å². The van der Waals surface area contributed by atoms with Gasteiger partial charge in [0.05, 0.1) is 25.6 Å². The Balaban J connectivity index is 1.69. The Labute approximate surface area is 197 Å². The Bertz CT molecular complexity index is 1060. The number of rotatable bonds is 8. The van der Waals surface area contributed by atoms with Crippen LogP contribution in [0.15, 0.2) is 24.3 Å². The zero-order chi connectivity index (χ0) is 23.7. The van der Waals surface area contributed by atoms with Crippen LogP contribution in [0, 0.1) is 30.6 Å². The van der Waals surface area contributed by atoms with Crippen LogP contribution in [0.5, 0.6) is 5.75 Å². The maximum Gasteiger partial charge on any atom is 0.341 e. The lowest BCUT2D eigenvalue weighted by atomic mass is 9.78. The van der Waals surface area contributed by atoms with Crippen LogP contribution in [0.1, 0.15) is 47.8 Å². The Morgan fingerprint density at radius 2 is 1.79 bits per heavy atom. The maximum atomic E-state index is 13.3. The van der Waals surface area contributed by atoms with Crippen LogP contribution in [0.3, 0.4) is 0 Å². The highest BCUT2D eigenvalue weighted by Gasteiger charge is 2.54. The number of amides is 1. The van der Waals surface area contributed by atoms with Gasteiger partial charge < -0.3 is 19.9 Å². The standard InChI is InChI=1S/C25H29NO6S/c1-4-11-32-25(30)21-18(14-7-9-17(31-3)10-8-14)13(2)33-23(21)26-22(27)19-15-5-6-16(12-15)20(19)24(28)29/h7-10,15-16,19-20H,4-6,11-12H2,1-3H3,(H,26,27)(H,28,29)/t15-,16+,19-,20+/m1/s1. The van der Waals surface area contributed by atoms with Gasteiger partial charge in [-0.2, -0.15) is 0 Å². The molecule has 2 N–H and O–H groups in total. The molecular weight excluding hydrogens is 442 g/mol. The molecule has 1 heterocycles. The first-order valence-corrected chi connectivity index (χ1v) is 12.2. The summed E-state index contributed by atoms with van der Waals surface area (Å²) in [6.07, 6.45) is 3.19. The molecule has 1 amide bonds. The molecule has 1 aromatic heterocycles. The highest BCUT2D eigenvalue weighted by Crippen LogP contribution is 2.53. The predicted octanol–water partition coefficient (Wildman–Crippen LogP) is 4.98. The minimum absolute atomic E-state index is 0.0529. The molecule has 0 unspecified atom stereocenters. The third-order valence-electron chi connectivity index (χ3n) is 6.85. The fourth-order valence-electron chi connectivity index (χ4n) is 5.42. The predicted molar refractivity (Wildman–Crippen MR) is 126 cm³/mol. The number of thiophene rings is 1. The van der Waals surface area contributed by atoms with Crippen molar-refractivity contribution in [3.63, 3.8) is 0 Å². The van der Waals surface area contributed by atoms with Gasteiger partial charge in [0.15, 0.2) is 0 Å². The molecule has 0 saturated heterocycles. The Morgan fingerprint density at radius 1 is 1.12 bits per heavy atom. The third-order valence-corrected chi connectivity index (χ3v) is 7.87. The van der Waals surface area contributed by atoms with Gasteiger partial charge in [-0.15, -0.1) is 11.3 Å². The Kier molecular flexibility index (Phi) is 6.74. The van der Waals surface area contributed by atoms with Crippen LogP contribution in [0.25, 0.3) is 11.1 Å². The van der Waals surface area contributed by atoms with Gasteiger partial charge in [0.25, 0.3) is 0 Å². The summed E-state index contributed by atoms with van der Waals surface area (Å²) in [6, 6.07) is 7.37. The molecule has 2 aliphatic rings. The van der Waals surface area contributed by atoms with Crippen molar-refractivity contribution in [3.05, 3.63) is 34.7 Å². The monoisotopic (exact) mass is 471 g/mol. The minimum atomic E-state index is -0.911. The van der Waals surface area contributed by atoms with Crippen molar-refractivity contribution in [3.8, 4) is 16.9 Å². The van der Waals surface area contributed by atoms with E-state index in [1.54, 1.807) is 7.11 Å². The van der Waals surface area contributed by atoms with Crippen molar-refractivity contribution >= 4 is 34.2 Å². The van der Waals surface area contributed by atoms with E-state index in [9.17, 15) is 19.5 Å². The lowest BCUT2D eigenvalue weighted by Crippen LogP contribution is -2.38. The van der Waals surface area contributed by atoms with E-state index in [-0.39, 0.29) is 24.3 Å². The number of benzene rings is 1. The fourth-order valence-corrected chi connectivity index (χ4v) is 6.49. The molecule has 0 aliphatic heterocycles. The first-order chi connectivity index (χ1) is 15.8. The van der Waals surface area contributed by atoms with Gasteiger partial charge in [0, 0.05) is 10.4 Å².